The molecule has 2 aliphatic heterocycles. The van der Waals surface area contributed by atoms with Gasteiger partial charge < -0.3 is 19.6 Å². The molecule has 2 heterocycles. The second-order valence-electron chi connectivity index (χ2n) is 14.9. The number of nitrogens with zero attached hydrogens (tertiary/aromatic N) is 4. The summed E-state index contributed by atoms with van der Waals surface area (Å²) in [6, 6.07) is 20.9. The third kappa shape index (κ3) is 10.9. The molecule has 0 saturated carbocycles. The van der Waals surface area contributed by atoms with Crippen LogP contribution in [0.4, 0.5) is 39.5 Å². The molecule has 0 saturated heterocycles. The summed E-state index contributed by atoms with van der Waals surface area (Å²) in [6.45, 7) is 30.4. The van der Waals surface area contributed by atoms with Crippen LogP contribution in [0.2, 0.25) is 0 Å². The Balaban J connectivity index is 0.000000201. The van der Waals surface area contributed by atoms with E-state index in [1.807, 2.05) is 0 Å². The molecule has 2 aliphatic rings. The van der Waals surface area contributed by atoms with Gasteiger partial charge in [-0.05, 0) is 152 Å². The van der Waals surface area contributed by atoms with E-state index in [-0.39, 0.29) is 0 Å². The maximum absolute atomic E-state index is 11.9. The molecule has 305 valence electrons. The van der Waals surface area contributed by atoms with Gasteiger partial charge >= 0.3 is 19.5 Å². The number of anilines is 4. The number of aryl methyl sites for hydroxylation is 12. The van der Waals surface area contributed by atoms with Crippen LogP contribution in [0, 0.1) is 120 Å². The third-order valence-corrected chi connectivity index (χ3v) is 9.66. The van der Waals surface area contributed by atoms with Crippen LogP contribution in [0.25, 0.3) is 0 Å². The first-order chi connectivity index (χ1) is 26.9. The zero-order valence-electron chi connectivity index (χ0n) is 34.9. The molecule has 0 atom stereocenters. The Bertz CT molecular complexity index is 1920. The Morgan fingerprint density at radius 2 is 0.632 bits per heavy atom. The topological polar surface area (TPSA) is 13.0 Å². The molecule has 5 aromatic carbocycles. The monoisotopic (exact) mass is 818 g/mol. The average Bonchev–Trinajstić information content (AvgIpc) is 3.77. The van der Waals surface area contributed by atoms with Gasteiger partial charge in [-0.1, -0.05) is 70.8 Å². The number of halogens is 4. The van der Waals surface area contributed by atoms with Gasteiger partial charge in [0, 0.05) is 40.2 Å². The van der Waals surface area contributed by atoms with Crippen molar-refractivity contribution in [1.29, 1.82) is 0 Å². The van der Waals surface area contributed by atoms with Crippen LogP contribution in [0.15, 0.2) is 85.5 Å². The predicted molar refractivity (Wildman–Crippen MR) is 226 cm³/mol. The van der Waals surface area contributed by atoms with Crippen LogP contribution in [-0.2, 0) is 15.9 Å². The fourth-order valence-electron chi connectivity index (χ4n) is 7.98. The summed E-state index contributed by atoms with van der Waals surface area (Å²) in [5.74, 6) is -3.19. The molecule has 0 amide bonds. The van der Waals surface area contributed by atoms with Crippen molar-refractivity contribution in [3.63, 3.8) is 0 Å². The molecule has 0 spiro atoms. The average molecular weight is 820 g/mol. The van der Waals surface area contributed by atoms with Gasteiger partial charge in [0.2, 0.25) is 0 Å². The molecule has 4 nitrogen and oxygen atoms in total. The third-order valence-electron chi connectivity index (χ3n) is 9.66. The fraction of sp³-hybridized carbons (Fsp3) is 0.250. The minimum atomic E-state index is -1.21. The zero-order chi connectivity index (χ0) is 42.3. The van der Waals surface area contributed by atoms with Gasteiger partial charge in [-0.2, -0.15) is 0 Å². The number of hydrogen-bond donors (Lipinski definition) is 0. The van der Waals surface area contributed by atoms with Crippen molar-refractivity contribution in [3.8, 4) is 0 Å². The normalized spacial score (nSPS) is 12.9. The molecule has 0 bridgehead atoms. The molecule has 0 N–H and O–H groups in total. The van der Waals surface area contributed by atoms with E-state index < -0.39 is 17.5 Å². The van der Waals surface area contributed by atoms with Gasteiger partial charge in [0.15, 0.2) is 0 Å². The molecule has 0 unspecified atom stereocenters. The van der Waals surface area contributed by atoms with E-state index in [9.17, 15) is 13.2 Å². The van der Waals surface area contributed by atoms with Crippen molar-refractivity contribution in [3.05, 3.63) is 189 Å². The first-order valence-corrected chi connectivity index (χ1v) is 19.0. The fourth-order valence-corrected chi connectivity index (χ4v) is 7.98. The van der Waals surface area contributed by atoms with E-state index in [4.69, 9.17) is 3.61 Å². The molecule has 5 aromatic rings. The van der Waals surface area contributed by atoms with E-state index in [0.717, 1.165) is 6.07 Å². The van der Waals surface area contributed by atoms with E-state index in [2.05, 4.69) is 205 Å². The van der Waals surface area contributed by atoms with E-state index in [0.29, 0.717) is 6.07 Å². The Morgan fingerprint density at radius 3 is 0.825 bits per heavy atom. The Labute approximate surface area is 345 Å². The Kier molecular flexibility index (Phi) is 15.2. The van der Waals surface area contributed by atoms with E-state index >= 15 is 0 Å². The molecular weight excluding hydrogens is 767 g/mol. The van der Waals surface area contributed by atoms with Crippen molar-refractivity contribution in [2.75, 3.05) is 19.6 Å². The summed E-state index contributed by atoms with van der Waals surface area (Å²) < 4.78 is 44.9. The van der Waals surface area contributed by atoms with Crippen LogP contribution in [0.5, 0.6) is 0 Å². The van der Waals surface area contributed by atoms with Gasteiger partial charge in [0.25, 0.3) is 0 Å². The second-order valence-corrected chi connectivity index (χ2v) is 14.9. The number of rotatable bonds is 4. The van der Waals surface area contributed by atoms with Crippen molar-refractivity contribution in [1.82, 2.24) is 0 Å². The van der Waals surface area contributed by atoms with Gasteiger partial charge in [-0.15, -0.1) is 31.5 Å². The summed E-state index contributed by atoms with van der Waals surface area (Å²) in [5.41, 5.74) is 20.8. The predicted octanol–water partition coefficient (Wildman–Crippen LogP) is 13.2. The Morgan fingerprint density at radius 1 is 0.404 bits per heavy atom. The molecule has 7 rings (SSSR count). The summed E-state index contributed by atoms with van der Waals surface area (Å²) >= 11 is 2.38. The van der Waals surface area contributed by atoms with Crippen molar-refractivity contribution >= 4 is 22.7 Å². The van der Waals surface area contributed by atoms with Crippen molar-refractivity contribution in [2.24, 2.45) is 0 Å². The van der Waals surface area contributed by atoms with Crippen LogP contribution in [0.3, 0.4) is 0 Å². The van der Waals surface area contributed by atoms with Crippen molar-refractivity contribution in [2.45, 2.75) is 83.1 Å². The van der Waals surface area contributed by atoms with Crippen LogP contribution in [-0.4, -0.2) is 0 Å². The van der Waals surface area contributed by atoms with Gasteiger partial charge in [-0.3, -0.25) is 8.78 Å². The van der Waals surface area contributed by atoms with Crippen LogP contribution >= 0.6 is 0 Å². The summed E-state index contributed by atoms with van der Waals surface area (Å²) in [7, 11) is 0. The molecule has 57 heavy (non-hydrogen) atoms. The van der Waals surface area contributed by atoms with Crippen molar-refractivity contribution < 1.29 is 32.7 Å². The first-order valence-electron chi connectivity index (χ1n) is 18.6. The maximum atomic E-state index is 11.9. The van der Waals surface area contributed by atoms with E-state index in [1.165, 1.54) is 89.5 Å². The second kappa shape index (κ2) is 19.4. The first kappa shape index (κ1) is 44.7. The van der Waals surface area contributed by atoms with Crippen LogP contribution < -0.4 is 19.6 Å². The Hall–Kier alpha value is -5.01. The summed E-state index contributed by atoms with van der Waals surface area (Å²) in [6.07, 6.45) is 8.57. The van der Waals surface area contributed by atoms with Crippen LogP contribution in [0.1, 0.15) is 66.8 Å². The summed E-state index contributed by atoms with van der Waals surface area (Å²) in [4.78, 5) is 8.90. The minimum absolute atomic E-state index is 0.464. The van der Waals surface area contributed by atoms with Gasteiger partial charge in [0.05, 0.1) is 0 Å². The zero-order valence-corrected chi connectivity index (χ0v) is 35.8. The van der Waals surface area contributed by atoms with Gasteiger partial charge in [0.1, 0.15) is 0 Å². The quantitative estimate of drug-likeness (QED) is 0.0775. The standard InChI is InChI=1S/2C21H25N2.C6H2F3.FH.Ni/c2*1-14-9-16(3)20(17(4)10-14)22-7-8-23(13-22)21-18(5)11-15(2)12-19(21)6;7-4-1-2-5(8)6(9)3-4;;/h2*7-13H,1-6H3;1,3H;1H;/q3*-1;;+1/p-1. The van der Waals surface area contributed by atoms with E-state index in [1.54, 1.807) is 6.07 Å². The summed E-state index contributed by atoms with van der Waals surface area (Å²) in [5, 5.41) is 0. The molecular formula is C48H52F4N4Ni-3. The molecule has 0 aromatic heterocycles. The van der Waals surface area contributed by atoms with Gasteiger partial charge in [-0.25, -0.2) is 4.39 Å². The molecule has 0 aliphatic carbocycles. The number of benzene rings is 5. The number of hydrogen-bond acceptors (Lipinski definition) is 4. The molecule has 0 radical (unpaired) electrons. The molecule has 0 fully saturated rings. The SMILES string of the molecule is Cc1cc(C)c(N2C=CN(c3c(C)cc(C)cc3C)[CH-]2)c(C)c1.Cc1cc(C)c(N2C=CN(c3c(C)cc(C)cc3C)[CH-]2)c(C)c1.Fc1c[c-]c(F)c(F)c1.[F][Ni]. The molecule has 9 heteroatoms.